The highest BCUT2D eigenvalue weighted by Crippen LogP contribution is 2.52. The van der Waals surface area contributed by atoms with Crippen molar-refractivity contribution in [2.45, 2.75) is 12.6 Å². The Balaban J connectivity index is 1.27. The third kappa shape index (κ3) is 3.04. The van der Waals surface area contributed by atoms with Crippen LogP contribution in [0.4, 0.5) is 22.7 Å². The lowest BCUT2D eigenvalue weighted by atomic mass is 9.34. The molecule has 0 aliphatic carbocycles. The van der Waals surface area contributed by atoms with E-state index < -0.39 is 0 Å². The Hall–Kier alpha value is -5.74. The van der Waals surface area contributed by atoms with E-state index >= 15 is 0 Å². The van der Waals surface area contributed by atoms with Gasteiger partial charge in [-0.25, -0.2) is 0 Å². The van der Waals surface area contributed by atoms with E-state index in [2.05, 4.69) is 166 Å². The molecule has 3 aliphatic rings. The van der Waals surface area contributed by atoms with E-state index in [1.165, 1.54) is 83.0 Å². The van der Waals surface area contributed by atoms with Crippen LogP contribution in [-0.4, -0.2) is 17.4 Å². The highest BCUT2D eigenvalue weighted by atomic mass is 15.4. The molecular formula is C42H28BN3. The predicted octanol–water partition coefficient (Wildman–Crippen LogP) is 7.94. The SMILES string of the molecule is c1ccc(-n2c3ccccc3c3cccc(B4c5ccccc5N5c6c4ccc4cccc(c64)N4c6ccccc6CC45)c32)cc1. The Bertz CT molecular complexity index is 2550. The van der Waals surface area contributed by atoms with E-state index in [-0.39, 0.29) is 12.9 Å². The van der Waals surface area contributed by atoms with Crippen LogP contribution in [0.3, 0.4) is 0 Å². The van der Waals surface area contributed by atoms with Gasteiger partial charge in [-0.3, -0.25) is 0 Å². The van der Waals surface area contributed by atoms with Crippen LogP contribution in [0.15, 0.2) is 152 Å². The average molecular weight is 586 g/mol. The van der Waals surface area contributed by atoms with Gasteiger partial charge in [-0.1, -0.05) is 115 Å². The molecule has 7 aromatic carbocycles. The highest BCUT2D eigenvalue weighted by molar-refractivity contribution is 6.99. The maximum absolute atomic E-state index is 2.67. The maximum Gasteiger partial charge on any atom is 0.249 e. The standard InChI is InChI=1S/C42H28BN3/c1-2-14-29(15-3-1)44-36-21-8-5-16-30(36)31-17-11-19-33(41(31)44)43-32-18-6-9-22-37(32)46-39-26-28-12-4-7-20-35(28)45(39)38-23-10-13-27-24-25-34(43)42(46)40(27)38/h1-25,39H,26H2. The molecule has 0 radical (unpaired) electrons. The summed E-state index contributed by atoms with van der Waals surface area (Å²) in [7, 11) is 0. The number of fused-ring (bicyclic) bond motifs is 10. The molecular weight excluding hydrogens is 557 g/mol. The summed E-state index contributed by atoms with van der Waals surface area (Å²) in [6.07, 6.45) is 1.17. The molecule has 8 aromatic rings. The van der Waals surface area contributed by atoms with Crippen LogP contribution >= 0.6 is 0 Å². The second-order valence-corrected chi connectivity index (χ2v) is 12.9. The third-order valence-corrected chi connectivity index (χ3v) is 10.6. The fourth-order valence-electron chi connectivity index (χ4n) is 8.92. The number of hydrogen-bond acceptors (Lipinski definition) is 2. The fourth-order valence-corrected chi connectivity index (χ4v) is 8.92. The highest BCUT2D eigenvalue weighted by Gasteiger charge is 2.46. The largest absolute Gasteiger partial charge is 0.320 e. The first-order valence-corrected chi connectivity index (χ1v) is 16.3. The number of para-hydroxylation sites is 5. The molecule has 1 unspecified atom stereocenters. The minimum atomic E-state index is 0.0747. The lowest BCUT2D eigenvalue weighted by Crippen LogP contribution is -2.61. The van der Waals surface area contributed by atoms with Crippen LogP contribution in [0.5, 0.6) is 0 Å². The zero-order valence-corrected chi connectivity index (χ0v) is 25.1. The van der Waals surface area contributed by atoms with Crippen LogP contribution in [0.1, 0.15) is 5.56 Å². The van der Waals surface area contributed by atoms with Gasteiger partial charge in [0.2, 0.25) is 6.71 Å². The van der Waals surface area contributed by atoms with Gasteiger partial charge >= 0.3 is 0 Å². The van der Waals surface area contributed by atoms with Crippen LogP contribution in [-0.2, 0) is 6.42 Å². The molecule has 214 valence electrons. The molecule has 4 heterocycles. The number of benzene rings is 7. The summed E-state index contributed by atoms with van der Waals surface area (Å²) in [6, 6.07) is 56.4. The lowest BCUT2D eigenvalue weighted by molar-refractivity contribution is 0.691. The number of anilines is 4. The molecule has 0 spiro atoms. The molecule has 11 rings (SSSR count). The van der Waals surface area contributed by atoms with Crippen LogP contribution < -0.4 is 26.2 Å². The fraction of sp³-hybridized carbons (Fsp3) is 0.0476. The first-order chi connectivity index (χ1) is 22.9. The summed E-state index contributed by atoms with van der Waals surface area (Å²) >= 11 is 0. The van der Waals surface area contributed by atoms with Gasteiger partial charge in [-0.2, -0.15) is 0 Å². The Morgan fingerprint density at radius 1 is 0.500 bits per heavy atom. The van der Waals surface area contributed by atoms with E-state index in [0.717, 1.165) is 6.42 Å². The first-order valence-electron chi connectivity index (χ1n) is 16.3. The number of rotatable bonds is 2. The molecule has 0 bridgehead atoms. The Kier molecular flexibility index (Phi) is 4.77. The molecule has 4 heteroatoms. The zero-order chi connectivity index (χ0) is 29.9. The van der Waals surface area contributed by atoms with Gasteiger partial charge in [0, 0.05) is 50.8 Å². The van der Waals surface area contributed by atoms with Crippen molar-refractivity contribution in [2.75, 3.05) is 9.80 Å². The Morgan fingerprint density at radius 2 is 1.22 bits per heavy atom. The van der Waals surface area contributed by atoms with E-state index in [9.17, 15) is 0 Å². The second kappa shape index (κ2) is 8.92. The molecule has 0 saturated heterocycles. The maximum atomic E-state index is 2.67. The molecule has 0 saturated carbocycles. The van der Waals surface area contributed by atoms with Gasteiger partial charge in [-0.15, -0.1) is 0 Å². The summed E-state index contributed by atoms with van der Waals surface area (Å²) in [4.78, 5) is 5.27. The molecule has 46 heavy (non-hydrogen) atoms. The van der Waals surface area contributed by atoms with Crippen molar-refractivity contribution in [3.63, 3.8) is 0 Å². The van der Waals surface area contributed by atoms with Crippen molar-refractivity contribution < 1.29 is 0 Å². The van der Waals surface area contributed by atoms with Gasteiger partial charge in [-0.05, 0) is 63.7 Å². The van der Waals surface area contributed by atoms with Crippen LogP contribution in [0, 0.1) is 0 Å². The van der Waals surface area contributed by atoms with E-state index in [4.69, 9.17) is 0 Å². The first kappa shape index (κ1) is 24.6. The van der Waals surface area contributed by atoms with E-state index in [0.29, 0.717) is 0 Å². The zero-order valence-electron chi connectivity index (χ0n) is 25.1. The van der Waals surface area contributed by atoms with Crippen LogP contribution in [0.25, 0.3) is 38.3 Å². The molecule has 3 nitrogen and oxygen atoms in total. The summed E-state index contributed by atoms with van der Waals surface area (Å²) in [5.74, 6) is 0. The molecule has 0 N–H and O–H groups in total. The molecule has 3 aliphatic heterocycles. The summed E-state index contributed by atoms with van der Waals surface area (Å²) in [5, 5.41) is 5.22. The van der Waals surface area contributed by atoms with Crippen LogP contribution in [0.2, 0.25) is 0 Å². The Labute approximate surface area is 267 Å². The lowest BCUT2D eigenvalue weighted by Gasteiger charge is -2.48. The summed E-state index contributed by atoms with van der Waals surface area (Å²) < 4.78 is 2.49. The third-order valence-electron chi connectivity index (χ3n) is 10.6. The van der Waals surface area contributed by atoms with Crippen molar-refractivity contribution in [1.82, 2.24) is 4.57 Å². The molecule has 1 atom stereocenters. The number of aromatic nitrogens is 1. The number of hydrogen-bond donors (Lipinski definition) is 0. The summed E-state index contributed by atoms with van der Waals surface area (Å²) in [6.45, 7) is 0.0747. The molecule has 0 fully saturated rings. The van der Waals surface area contributed by atoms with Crippen molar-refractivity contribution >= 4 is 78.4 Å². The van der Waals surface area contributed by atoms with Crippen molar-refractivity contribution in [3.8, 4) is 5.69 Å². The van der Waals surface area contributed by atoms with Gasteiger partial charge in [0.25, 0.3) is 0 Å². The minimum absolute atomic E-state index is 0.0747. The Morgan fingerprint density at radius 3 is 2.15 bits per heavy atom. The monoisotopic (exact) mass is 585 g/mol. The second-order valence-electron chi connectivity index (χ2n) is 12.9. The topological polar surface area (TPSA) is 11.4 Å². The van der Waals surface area contributed by atoms with Crippen molar-refractivity contribution in [2.24, 2.45) is 0 Å². The quantitative estimate of drug-likeness (QED) is 0.191. The normalized spacial score (nSPS) is 15.8. The molecule has 0 amide bonds. The van der Waals surface area contributed by atoms with Gasteiger partial charge in [0.05, 0.1) is 11.2 Å². The van der Waals surface area contributed by atoms with E-state index in [1.54, 1.807) is 0 Å². The van der Waals surface area contributed by atoms with Gasteiger partial charge < -0.3 is 14.4 Å². The van der Waals surface area contributed by atoms with Gasteiger partial charge in [0.15, 0.2) is 0 Å². The smallest absolute Gasteiger partial charge is 0.249 e. The van der Waals surface area contributed by atoms with Crippen molar-refractivity contribution in [1.29, 1.82) is 0 Å². The number of nitrogens with zero attached hydrogens (tertiary/aromatic N) is 3. The van der Waals surface area contributed by atoms with Gasteiger partial charge in [0.1, 0.15) is 6.17 Å². The molecule has 1 aromatic heterocycles. The predicted molar refractivity (Wildman–Crippen MR) is 194 cm³/mol. The average Bonchev–Trinajstić information content (AvgIpc) is 3.67. The van der Waals surface area contributed by atoms with Crippen molar-refractivity contribution in [3.05, 3.63) is 157 Å². The summed E-state index contributed by atoms with van der Waals surface area (Å²) in [5.41, 5.74) is 14.5. The minimum Gasteiger partial charge on any atom is -0.320 e. The van der Waals surface area contributed by atoms with E-state index in [1.807, 2.05) is 0 Å².